The molecular weight excluding hydrogens is 266 g/mol. The minimum atomic E-state index is -0.374. The molecule has 0 saturated carbocycles. The molecule has 0 aliphatic rings. The van der Waals surface area contributed by atoms with Crippen LogP contribution in [0.15, 0.2) is 60.7 Å². The lowest BCUT2D eigenvalue weighted by molar-refractivity contribution is -0.451. The van der Waals surface area contributed by atoms with Crippen LogP contribution in [0.25, 0.3) is 0 Å². The second kappa shape index (κ2) is 7.85. The maximum atomic E-state index is 11.6. The SMILES string of the molecule is O=C(CC/[N+]([O-])=C/c1ccccc1)OCc1ccccc1. The summed E-state index contributed by atoms with van der Waals surface area (Å²) in [5, 5.41) is 11.6. The third-order valence-corrected chi connectivity index (χ3v) is 2.87. The molecule has 0 unspecified atom stereocenters. The Kier molecular flexibility index (Phi) is 5.52. The van der Waals surface area contributed by atoms with Crippen molar-refractivity contribution in [1.29, 1.82) is 0 Å². The molecule has 2 rings (SSSR count). The van der Waals surface area contributed by atoms with Gasteiger partial charge in [-0.15, -0.1) is 0 Å². The maximum absolute atomic E-state index is 11.6. The van der Waals surface area contributed by atoms with E-state index in [1.54, 1.807) is 0 Å². The van der Waals surface area contributed by atoms with Crippen molar-refractivity contribution in [3.8, 4) is 0 Å². The quantitative estimate of drug-likeness (QED) is 0.269. The fourth-order valence-corrected chi connectivity index (χ4v) is 1.78. The van der Waals surface area contributed by atoms with E-state index in [-0.39, 0.29) is 25.5 Å². The third kappa shape index (κ3) is 5.48. The number of benzene rings is 2. The fraction of sp³-hybridized carbons (Fsp3) is 0.176. The summed E-state index contributed by atoms with van der Waals surface area (Å²) in [6.07, 6.45) is 1.53. The normalized spacial score (nSPS) is 11.1. The van der Waals surface area contributed by atoms with Crippen molar-refractivity contribution in [2.75, 3.05) is 6.54 Å². The molecule has 0 aliphatic heterocycles. The van der Waals surface area contributed by atoms with Crippen LogP contribution in [-0.2, 0) is 16.1 Å². The molecule has 4 nitrogen and oxygen atoms in total. The van der Waals surface area contributed by atoms with Crippen LogP contribution in [0.4, 0.5) is 0 Å². The number of hydroxylamine groups is 1. The Morgan fingerprint density at radius 2 is 1.67 bits per heavy atom. The first-order valence-corrected chi connectivity index (χ1v) is 6.77. The number of carbonyl (C=O) groups is 1. The van der Waals surface area contributed by atoms with Crippen molar-refractivity contribution in [1.82, 2.24) is 0 Å². The highest BCUT2D eigenvalue weighted by molar-refractivity contribution is 5.75. The van der Waals surface area contributed by atoms with E-state index in [1.165, 1.54) is 6.21 Å². The van der Waals surface area contributed by atoms with Crippen LogP contribution in [0.2, 0.25) is 0 Å². The molecule has 2 aromatic carbocycles. The highest BCUT2D eigenvalue weighted by Gasteiger charge is 2.06. The Labute approximate surface area is 123 Å². The van der Waals surface area contributed by atoms with E-state index in [9.17, 15) is 10.0 Å². The van der Waals surface area contributed by atoms with Crippen molar-refractivity contribution >= 4 is 12.2 Å². The molecule has 2 aromatic rings. The molecule has 0 aliphatic carbocycles. The molecule has 0 N–H and O–H groups in total. The Bertz CT molecular complexity index is 594. The molecule has 108 valence electrons. The van der Waals surface area contributed by atoms with Crippen molar-refractivity contribution in [3.05, 3.63) is 77.0 Å². The van der Waals surface area contributed by atoms with Gasteiger partial charge in [-0.05, 0) is 17.7 Å². The zero-order chi connectivity index (χ0) is 14.9. The maximum Gasteiger partial charge on any atom is 0.312 e. The fourth-order valence-electron chi connectivity index (χ4n) is 1.78. The number of hydrogen-bond acceptors (Lipinski definition) is 3. The molecule has 0 heterocycles. The molecule has 0 aromatic heterocycles. The van der Waals surface area contributed by atoms with E-state index >= 15 is 0 Å². The summed E-state index contributed by atoms with van der Waals surface area (Å²) in [5.41, 5.74) is 1.74. The smallest absolute Gasteiger partial charge is 0.312 e. The van der Waals surface area contributed by atoms with Gasteiger partial charge in [0, 0.05) is 5.56 Å². The lowest BCUT2D eigenvalue weighted by atomic mass is 10.2. The van der Waals surface area contributed by atoms with Crippen molar-refractivity contribution in [2.45, 2.75) is 13.0 Å². The minimum Gasteiger partial charge on any atom is -0.624 e. The Hall–Kier alpha value is -2.62. The van der Waals surface area contributed by atoms with Gasteiger partial charge < -0.3 is 9.94 Å². The molecule has 0 spiro atoms. The van der Waals surface area contributed by atoms with Gasteiger partial charge in [0.1, 0.15) is 13.0 Å². The van der Waals surface area contributed by atoms with Crippen LogP contribution in [0.3, 0.4) is 0 Å². The average molecular weight is 283 g/mol. The van der Waals surface area contributed by atoms with Crippen LogP contribution in [0, 0.1) is 5.21 Å². The summed E-state index contributed by atoms with van der Waals surface area (Å²) in [6, 6.07) is 18.7. The standard InChI is InChI=1S/C17H17NO3/c19-17(21-14-16-9-5-2-6-10-16)11-12-18(20)13-15-7-3-1-4-8-15/h1-10,13H,11-12,14H2/b18-13-. The van der Waals surface area contributed by atoms with Crippen molar-refractivity contribution in [3.63, 3.8) is 0 Å². The summed E-state index contributed by atoms with van der Waals surface area (Å²) in [4.78, 5) is 11.6. The summed E-state index contributed by atoms with van der Waals surface area (Å²) in [7, 11) is 0. The molecule has 0 amide bonds. The first-order valence-electron chi connectivity index (χ1n) is 6.77. The first-order chi connectivity index (χ1) is 10.2. The predicted octanol–water partition coefficient (Wildman–Crippen LogP) is 2.75. The van der Waals surface area contributed by atoms with Gasteiger partial charge in [0.15, 0.2) is 12.8 Å². The molecule has 0 radical (unpaired) electrons. The lowest BCUT2D eigenvalue weighted by Gasteiger charge is -2.06. The van der Waals surface area contributed by atoms with Gasteiger partial charge in [0.2, 0.25) is 0 Å². The lowest BCUT2D eigenvalue weighted by Crippen LogP contribution is -2.14. The van der Waals surface area contributed by atoms with Crippen molar-refractivity contribution in [2.24, 2.45) is 0 Å². The van der Waals surface area contributed by atoms with Crippen LogP contribution in [0.1, 0.15) is 17.5 Å². The Morgan fingerprint density at radius 1 is 1.05 bits per heavy atom. The van der Waals surface area contributed by atoms with Crippen LogP contribution >= 0.6 is 0 Å². The van der Waals surface area contributed by atoms with Gasteiger partial charge in [0.25, 0.3) is 0 Å². The number of nitrogens with zero attached hydrogens (tertiary/aromatic N) is 1. The van der Waals surface area contributed by atoms with Gasteiger partial charge in [0.05, 0.1) is 0 Å². The van der Waals surface area contributed by atoms with Crippen LogP contribution in [-0.4, -0.2) is 23.5 Å². The van der Waals surface area contributed by atoms with E-state index < -0.39 is 0 Å². The molecule has 0 saturated heterocycles. The highest BCUT2D eigenvalue weighted by Crippen LogP contribution is 2.02. The zero-order valence-corrected chi connectivity index (χ0v) is 11.6. The highest BCUT2D eigenvalue weighted by atomic mass is 16.5. The topological polar surface area (TPSA) is 52.4 Å². The zero-order valence-electron chi connectivity index (χ0n) is 11.6. The van der Waals surface area contributed by atoms with Gasteiger partial charge in [-0.1, -0.05) is 48.5 Å². The average Bonchev–Trinajstić information content (AvgIpc) is 2.53. The molecule has 0 bridgehead atoms. The number of rotatable bonds is 6. The first kappa shape index (κ1) is 14.8. The number of carbonyl (C=O) groups excluding carboxylic acids is 1. The second-order valence-electron chi connectivity index (χ2n) is 4.58. The largest absolute Gasteiger partial charge is 0.624 e. The van der Waals surface area contributed by atoms with E-state index in [4.69, 9.17) is 4.74 Å². The Balaban J connectivity index is 1.75. The second-order valence-corrected chi connectivity index (χ2v) is 4.58. The molecule has 0 fully saturated rings. The Morgan fingerprint density at radius 3 is 2.33 bits per heavy atom. The molecule has 0 atom stereocenters. The van der Waals surface area contributed by atoms with Gasteiger partial charge in [-0.2, -0.15) is 0 Å². The van der Waals surface area contributed by atoms with Gasteiger partial charge >= 0.3 is 5.97 Å². The van der Waals surface area contributed by atoms with E-state index in [1.807, 2.05) is 60.7 Å². The molecule has 4 heteroatoms. The monoisotopic (exact) mass is 283 g/mol. The van der Waals surface area contributed by atoms with Crippen LogP contribution < -0.4 is 0 Å². The predicted molar refractivity (Wildman–Crippen MR) is 81.0 cm³/mol. The molecular formula is C17H17NO3. The van der Waals surface area contributed by atoms with Crippen molar-refractivity contribution < 1.29 is 14.3 Å². The van der Waals surface area contributed by atoms with Crippen LogP contribution in [0.5, 0.6) is 0 Å². The summed E-state index contributed by atoms with van der Waals surface area (Å²) in [6.45, 7) is 0.323. The number of ether oxygens (including phenoxy) is 1. The van der Waals surface area contributed by atoms with E-state index in [0.29, 0.717) is 0 Å². The number of hydrogen-bond donors (Lipinski definition) is 0. The summed E-state index contributed by atoms with van der Waals surface area (Å²) in [5.74, 6) is -0.374. The van der Waals surface area contributed by atoms with E-state index in [2.05, 4.69) is 0 Å². The summed E-state index contributed by atoms with van der Waals surface area (Å²) >= 11 is 0. The van der Waals surface area contributed by atoms with Gasteiger partial charge in [-0.3, -0.25) is 4.79 Å². The molecule has 21 heavy (non-hydrogen) atoms. The van der Waals surface area contributed by atoms with E-state index in [0.717, 1.165) is 15.9 Å². The summed E-state index contributed by atoms with van der Waals surface area (Å²) < 4.78 is 5.86. The van der Waals surface area contributed by atoms with Gasteiger partial charge in [-0.25, -0.2) is 4.74 Å². The number of esters is 1. The minimum absolute atomic E-state index is 0.0691. The third-order valence-electron chi connectivity index (χ3n) is 2.87.